The summed E-state index contributed by atoms with van der Waals surface area (Å²) in [6.07, 6.45) is 5.40. The van der Waals surface area contributed by atoms with Gasteiger partial charge in [0.2, 0.25) is 5.91 Å². The molecule has 4 heteroatoms. The van der Waals surface area contributed by atoms with Crippen LogP contribution in [-0.4, -0.2) is 66.4 Å². The molecule has 0 aromatic heterocycles. The average Bonchev–Trinajstić information content (AvgIpc) is 2.62. The van der Waals surface area contributed by atoms with Crippen LogP contribution in [0.25, 0.3) is 0 Å². The third-order valence-corrected chi connectivity index (χ3v) is 5.29. The molecule has 0 saturated carbocycles. The summed E-state index contributed by atoms with van der Waals surface area (Å²) in [5.74, 6) is 0.371. The molecule has 3 rings (SSSR count). The lowest BCUT2D eigenvalue weighted by Crippen LogP contribution is -2.46. The number of likely N-dealkylation sites (tertiary alicyclic amines) is 1. The average molecular weight is 329 g/mol. The Labute approximate surface area is 146 Å². The minimum absolute atomic E-state index is 0.371. The van der Waals surface area contributed by atoms with Gasteiger partial charge in [0.05, 0.1) is 0 Å². The molecule has 0 N–H and O–H groups in total. The van der Waals surface area contributed by atoms with E-state index >= 15 is 0 Å². The van der Waals surface area contributed by atoms with Crippen molar-refractivity contribution < 1.29 is 4.79 Å². The van der Waals surface area contributed by atoms with E-state index in [2.05, 4.69) is 45.0 Å². The van der Waals surface area contributed by atoms with E-state index in [4.69, 9.17) is 0 Å². The molecule has 0 aliphatic carbocycles. The summed E-state index contributed by atoms with van der Waals surface area (Å²) in [4.78, 5) is 19.0. The van der Waals surface area contributed by atoms with Crippen LogP contribution in [0.2, 0.25) is 0 Å². The topological polar surface area (TPSA) is 26.8 Å². The van der Waals surface area contributed by atoms with Gasteiger partial charge in [-0.2, -0.15) is 0 Å². The van der Waals surface area contributed by atoms with Crippen molar-refractivity contribution in [2.24, 2.45) is 0 Å². The summed E-state index contributed by atoms with van der Waals surface area (Å²) in [6.45, 7) is 8.89. The van der Waals surface area contributed by atoms with Crippen molar-refractivity contribution in [1.29, 1.82) is 0 Å². The number of piperazine rings is 1. The number of unbranched alkanes of at least 4 members (excludes halogenated alkanes) is 1. The summed E-state index contributed by atoms with van der Waals surface area (Å²) in [5.41, 5.74) is 1.41. The third kappa shape index (κ3) is 5.32. The van der Waals surface area contributed by atoms with E-state index in [1.165, 1.54) is 51.1 Å². The zero-order valence-corrected chi connectivity index (χ0v) is 14.8. The van der Waals surface area contributed by atoms with E-state index in [1.54, 1.807) is 0 Å². The summed E-state index contributed by atoms with van der Waals surface area (Å²) in [6, 6.07) is 10.8. The molecule has 1 aromatic rings. The Bertz CT molecular complexity index is 497. The van der Waals surface area contributed by atoms with Gasteiger partial charge in [0, 0.05) is 52.2 Å². The van der Waals surface area contributed by atoms with Crippen molar-refractivity contribution >= 4 is 5.91 Å². The van der Waals surface area contributed by atoms with E-state index in [-0.39, 0.29) is 0 Å². The molecule has 0 spiro atoms. The highest BCUT2D eigenvalue weighted by molar-refractivity contribution is 5.76. The second-order valence-electron chi connectivity index (χ2n) is 7.15. The minimum atomic E-state index is 0.371. The molecule has 0 atom stereocenters. The van der Waals surface area contributed by atoms with Crippen molar-refractivity contribution in [2.45, 2.75) is 38.6 Å². The Hall–Kier alpha value is -1.39. The predicted molar refractivity (Wildman–Crippen MR) is 97.8 cm³/mol. The number of piperidine rings is 1. The zero-order chi connectivity index (χ0) is 16.6. The van der Waals surface area contributed by atoms with Crippen molar-refractivity contribution in [3.63, 3.8) is 0 Å². The van der Waals surface area contributed by atoms with Crippen molar-refractivity contribution in [1.82, 2.24) is 14.7 Å². The standard InChI is InChI=1S/C20H31N3O/c24-20-10-4-5-12-23(20)13-7-6-11-21-14-16-22(17-15-21)18-19-8-2-1-3-9-19/h1-3,8-9H,4-7,10-18H2. The Kier molecular flexibility index (Phi) is 6.67. The fourth-order valence-electron chi connectivity index (χ4n) is 3.75. The number of nitrogens with zero attached hydrogens (tertiary/aromatic N) is 3. The molecule has 0 bridgehead atoms. The van der Waals surface area contributed by atoms with Crippen molar-refractivity contribution in [2.75, 3.05) is 45.8 Å². The first kappa shape index (κ1) is 17.4. The Morgan fingerprint density at radius 1 is 0.792 bits per heavy atom. The number of hydrogen-bond acceptors (Lipinski definition) is 3. The first-order chi connectivity index (χ1) is 11.8. The van der Waals surface area contributed by atoms with Gasteiger partial charge >= 0.3 is 0 Å². The highest BCUT2D eigenvalue weighted by Crippen LogP contribution is 2.12. The second-order valence-corrected chi connectivity index (χ2v) is 7.15. The maximum Gasteiger partial charge on any atom is 0.222 e. The summed E-state index contributed by atoms with van der Waals surface area (Å²) in [7, 11) is 0. The number of carbonyl (C=O) groups excluding carboxylic acids is 1. The zero-order valence-electron chi connectivity index (χ0n) is 14.8. The Morgan fingerprint density at radius 2 is 1.50 bits per heavy atom. The summed E-state index contributed by atoms with van der Waals surface area (Å²) < 4.78 is 0. The fraction of sp³-hybridized carbons (Fsp3) is 0.650. The van der Waals surface area contributed by atoms with Gasteiger partial charge in [-0.15, -0.1) is 0 Å². The lowest BCUT2D eigenvalue weighted by Gasteiger charge is -2.35. The number of rotatable bonds is 7. The predicted octanol–water partition coefficient (Wildman–Crippen LogP) is 2.60. The van der Waals surface area contributed by atoms with Gasteiger partial charge in [0.1, 0.15) is 0 Å². The molecule has 2 aliphatic heterocycles. The minimum Gasteiger partial charge on any atom is -0.343 e. The first-order valence-electron chi connectivity index (χ1n) is 9.58. The van der Waals surface area contributed by atoms with E-state index in [0.29, 0.717) is 5.91 Å². The first-order valence-corrected chi connectivity index (χ1v) is 9.58. The van der Waals surface area contributed by atoms with Gasteiger partial charge < -0.3 is 9.80 Å². The van der Waals surface area contributed by atoms with Crippen LogP contribution in [0.4, 0.5) is 0 Å². The van der Waals surface area contributed by atoms with E-state index < -0.39 is 0 Å². The highest BCUT2D eigenvalue weighted by atomic mass is 16.2. The van der Waals surface area contributed by atoms with Gasteiger partial charge in [-0.25, -0.2) is 0 Å². The molecule has 0 unspecified atom stereocenters. The SMILES string of the molecule is O=C1CCCCN1CCCCN1CCN(Cc2ccccc2)CC1. The van der Waals surface area contributed by atoms with E-state index in [1.807, 2.05) is 0 Å². The van der Waals surface area contributed by atoms with Crippen LogP contribution in [-0.2, 0) is 11.3 Å². The number of carbonyl (C=O) groups is 1. The van der Waals surface area contributed by atoms with E-state index in [9.17, 15) is 4.79 Å². The Balaban J connectivity index is 1.28. The maximum atomic E-state index is 11.8. The molecular formula is C20H31N3O. The monoisotopic (exact) mass is 329 g/mol. The molecule has 132 valence electrons. The number of hydrogen-bond donors (Lipinski definition) is 0. The molecule has 1 aromatic carbocycles. The Morgan fingerprint density at radius 3 is 2.25 bits per heavy atom. The van der Waals surface area contributed by atoms with E-state index in [0.717, 1.165) is 38.9 Å². The smallest absolute Gasteiger partial charge is 0.222 e. The van der Waals surface area contributed by atoms with Gasteiger partial charge in [-0.05, 0) is 37.8 Å². The lowest BCUT2D eigenvalue weighted by atomic mass is 10.1. The van der Waals surface area contributed by atoms with Crippen LogP contribution < -0.4 is 0 Å². The second kappa shape index (κ2) is 9.19. The lowest BCUT2D eigenvalue weighted by molar-refractivity contribution is -0.133. The molecule has 2 heterocycles. The molecule has 0 radical (unpaired) electrons. The summed E-state index contributed by atoms with van der Waals surface area (Å²) >= 11 is 0. The van der Waals surface area contributed by atoms with Crippen molar-refractivity contribution in [3.05, 3.63) is 35.9 Å². The third-order valence-electron chi connectivity index (χ3n) is 5.29. The molecular weight excluding hydrogens is 298 g/mol. The maximum absolute atomic E-state index is 11.8. The van der Waals surface area contributed by atoms with Crippen LogP contribution in [0.5, 0.6) is 0 Å². The molecule has 2 aliphatic rings. The molecule has 2 saturated heterocycles. The van der Waals surface area contributed by atoms with Crippen molar-refractivity contribution in [3.8, 4) is 0 Å². The molecule has 1 amide bonds. The van der Waals surface area contributed by atoms with Crippen LogP contribution in [0, 0.1) is 0 Å². The van der Waals surface area contributed by atoms with Gasteiger partial charge in [0.15, 0.2) is 0 Å². The van der Waals surface area contributed by atoms with Gasteiger partial charge in [-0.1, -0.05) is 30.3 Å². The van der Waals surface area contributed by atoms with Crippen LogP contribution in [0.3, 0.4) is 0 Å². The fourth-order valence-corrected chi connectivity index (χ4v) is 3.75. The number of amides is 1. The normalized spacial score (nSPS) is 20.5. The van der Waals surface area contributed by atoms with Crippen LogP contribution in [0.1, 0.15) is 37.7 Å². The molecule has 4 nitrogen and oxygen atoms in total. The largest absolute Gasteiger partial charge is 0.343 e. The molecule has 2 fully saturated rings. The number of benzene rings is 1. The van der Waals surface area contributed by atoms with Gasteiger partial charge in [-0.3, -0.25) is 9.69 Å². The van der Waals surface area contributed by atoms with Gasteiger partial charge in [0.25, 0.3) is 0 Å². The summed E-state index contributed by atoms with van der Waals surface area (Å²) in [5, 5.41) is 0. The quantitative estimate of drug-likeness (QED) is 0.720. The van der Waals surface area contributed by atoms with Crippen LogP contribution in [0.15, 0.2) is 30.3 Å². The highest BCUT2D eigenvalue weighted by Gasteiger charge is 2.18. The molecule has 24 heavy (non-hydrogen) atoms. The van der Waals surface area contributed by atoms with Crippen LogP contribution >= 0.6 is 0 Å².